The fraction of sp³-hybridized carbons (Fsp3) is 0.250. The third kappa shape index (κ3) is 2.34. The van der Waals surface area contributed by atoms with Gasteiger partial charge >= 0.3 is 0 Å². The van der Waals surface area contributed by atoms with Crippen LogP contribution in [0.3, 0.4) is 0 Å². The molecule has 1 heterocycles. The van der Waals surface area contributed by atoms with E-state index >= 15 is 0 Å². The number of carbonyl (C=O) groups is 1. The SMILES string of the molecule is CN(C)CC(=O)c1csc2ccc(Br)cc12. The van der Waals surface area contributed by atoms with Gasteiger partial charge in [0.2, 0.25) is 0 Å². The van der Waals surface area contributed by atoms with Crippen LogP contribution in [0.2, 0.25) is 0 Å². The predicted molar refractivity (Wildman–Crippen MR) is 72.4 cm³/mol. The lowest BCUT2D eigenvalue weighted by atomic mass is 10.1. The summed E-state index contributed by atoms with van der Waals surface area (Å²) in [5.74, 6) is 0.175. The van der Waals surface area contributed by atoms with Gasteiger partial charge in [-0.15, -0.1) is 11.3 Å². The first-order valence-corrected chi connectivity index (χ1v) is 6.60. The Labute approximate surface area is 107 Å². The number of hydrogen-bond acceptors (Lipinski definition) is 3. The summed E-state index contributed by atoms with van der Waals surface area (Å²) in [5.41, 5.74) is 0.829. The summed E-state index contributed by atoms with van der Waals surface area (Å²) in [4.78, 5) is 13.9. The van der Waals surface area contributed by atoms with Gasteiger partial charge in [-0.3, -0.25) is 4.79 Å². The molecule has 2 aromatic rings. The third-order valence-electron chi connectivity index (χ3n) is 2.30. The molecule has 1 aromatic heterocycles. The zero-order chi connectivity index (χ0) is 11.7. The van der Waals surface area contributed by atoms with Crippen molar-refractivity contribution in [1.82, 2.24) is 4.90 Å². The first-order chi connectivity index (χ1) is 7.58. The van der Waals surface area contributed by atoms with Crippen LogP contribution < -0.4 is 0 Å². The molecule has 16 heavy (non-hydrogen) atoms. The molecule has 0 saturated carbocycles. The topological polar surface area (TPSA) is 20.3 Å². The quantitative estimate of drug-likeness (QED) is 0.809. The number of nitrogens with zero attached hydrogens (tertiary/aromatic N) is 1. The Bertz CT molecular complexity index is 533. The second-order valence-corrected chi connectivity index (χ2v) is 5.78. The molecule has 0 amide bonds. The average molecular weight is 298 g/mol. The van der Waals surface area contributed by atoms with Crippen molar-refractivity contribution >= 4 is 43.1 Å². The average Bonchev–Trinajstić information content (AvgIpc) is 2.59. The molecule has 0 bridgehead atoms. The number of likely N-dealkylation sites (N-methyl/N-ethyl adjacent to an activating group) is 1. The van der Waals surface area contributed by atoms with Crippen LogP contribution in [0.25, 0.3) is 10.1 Å². The van der Waals surface area contributed by atoms with Gasteiger partial charge in [-0.05, 0) is 32.3 Å². The van der Waals surface area contributed by atoms with E-state index in [1.807, 2.05) is 42.6 Å². The van der Waals surface area contributed by atoms with Crippen LogP contribution in [0, 0.1) is 0 Å². The molecule has 0 radical (unpaired) electrons. The Morgan fingerprint density at radius 3 is 2.88 bits per heavy atom. The number of fused-ring (bicyclic) bond motifs is 1. The number of thiophene rings is 1. The van der Waals surface area contributed by atoms with Gasteiger partial charge in [0, 0.05) is 25.5 Å². The van der Waals surface area contributed by atoms with E-state index in [1.165, 1.54) is 0 Å². The number of hydrogen-bond donors (Lipinski definition) is 0. The minimum atomic E-state index is 0.175. The molecule has 1 aromatic carbocycles. The lowest BCUT2D eigenvalue weighted by Gasteiger charge is -2.07. The van der Waals surface area contributed by atoms with Crippen LogP contribution in [0.1, 0.15) is 10.4 Å². The maximum Gasteiger partial charge on any atom is 0.178 e. The van der Waals surface area contributed by atoms with Gasteiger partial charge in [0.05, 0.1) is 6.54 Å². The summed E-state index contributed by atoms with van der Waals surface area (Å²) in [6.45, 7) is 0.457. The van der Waals surface area contributed by atoms with Gasteiger partial charge in [0.25, 0.3) is 0 Å². The molecule has 0 unspecified atom stereocenters. The second kappa shape index (κ2) is 4.65. The van der Waals surface area contributed by atoms with E-state index in [1.54, 1.807) is 11.3 Å². The van der Waals surface area contributed by atoms with Crippen molar-refractivity contribution in [1.29, 1.82) is 0 Å². The van der Waals surface area contributed by atoms with Crippen LogP contribution in [0.5, 0.6) is 0 Å². The molecular formula is C12H12BrNOS. The van der Waals surface area contributed by atoms with Gasteiger partial charge < -0.3 is 4.90 Å². The molecule has 0 fully saturated rings. The first-order valence-electron chi connectivity index (χ1n) is 4.92. The molecule has 0 aliphatic rings. The maximum absolute atomic E-state index is 12.0. The van der Waals surface area contributed by atoms with Crippen molar-refractivity contribution in [3.63, 3.8) is 0 Å². The van der Waals surface area contributed by atoms with E-state index in [4.69, 9.17) is 0 Å². The van der Waals surface area contributed by atoms with E-state index in [-0.39, 0.29) is 5.78 Å². The highest BCUT2D eigenvalue weighted by atomic mass is 79.9. The Hall–Kier alpha value is -0.710. The molecule has 0 atom stereocenters. The molecule has 0 aliphatic carbocycles. The fourth-order valence-corrected chi connectivity index (χ4v) is 2.90. The van der Waals surface area contributed by atoms with Crippen molar-refractivity contribution in [2.75, 3.05) is 20.6 Å². The van der Waals surface area contributed by atoms with E-state index < -0.39 is 0 Å². The summed E-state index contributed by atoms with van der Waals surface area (Å²) in [6.07, 6.45) is 0. The van der Waals surface area contributed by atoms with Crippen LogP contribution >= 0.6 is 27.3 Å². The van der Waals surface area contributed by atoms with E-state index in [2.05, 4.69) is 15.9 Å². The van der Waals surface area contributed by atoms with E-state index in [0.29, 0.717) is 6.54 Å². The van der Waals surface area contributed by atoms with Gasteiger partial charge in [-0.1, -0.05) is 15.9 Å². The molecule has 0 aliphatic heterocycles. The van der Waals surface area contributed by atoms with E-state index in [9.17, 15) is 4.79 Å². The van der Waals surface area contributed by atoms with Crippen molar-refractivity contribution in [3.8, 4) is 0 Å². The maximum atomic E-state index is 12.0. The smallest absolute Gasteiger partial charge is 0.178 e. The normalized spacial score (nSPS) is 11.2. The van der Waals surface area contributed by atoms with Gasteiger partial charge in [0.15, 0.2) is 5.78 Å². The lowest BCUT2D eigenvalue weighted by molar-refractivity contribution is 0.0960. The summed E-state index contributed by atoms with van der Waals surface area (Å²) in [7, 11) is 3.81. The molecule has 2 nitrogen and oxygen atoms in total. The van der Waals surface area contributed by atoms with Crippen molar-refractivity contribution in [2.24, 2.45) is 0 Å². The van der Waals surface area contributed by atoms with E-state index in [0.717, 1.165) is 20.1 Å². The highest BCUT2D eigenvalue weighted by molar-refractivity contribution is 9.10. The number of Topliss-reactive ketones (excluding diaryl/α,β-unsaturated/α-hetero) is 1. The highest BCUT2D eigenvalue weighted by Gasteiger charge is 2.12. The number of halogens is 1. The van der Waals surface area contributed by atoms with Crippen LogP contribution in [-0.2, 0) is 0 Å². The number of rotatable bonds is 3. The largest absolute Gasteiger partial charge is 0.302 e. The minimum Gasteiger partial charge on any atom is -0.302 e. The van der Waals surface area contributed by atoms with Crippen molar-refractivity contribution < 1.29 is 4.79 Å². The number of benzene rings is 1. The number of carbonyl (C=O) groups excluding carboxylic acids is 1. The first kappa shape index (κ1) is 11.8. The van der Waals surface area contributed by atoms with Crippen LogP contribution in [0.15, 0.2) is 28.1 Å². The van der Waals surface area contributed by atoms with Crippen LogP contribution in [0.4, 0.5) is 0 Å². The molecule has 84 valence electrons. The highest BCUT2D eigenvalue weighted by Crippen LogP contribution is 2.29. The second-order valence-electron chi connectivity index (χ2n) is 3.95. The third-order valence-corrected chi connectivity index (χ3v) is 3.75. The Balaban J connectivity index is 2.44. The molecule has 0 N–H and O–H groups in total. The number of ketones is 1. The molecule has 0 spiro atoms. The van der Waals surface area contributed by atoms with Crippen LogP contribution in [-0.4, -0.2) is 31.3 Å². The Morgan fingerprint density at radius 1 is 1.44 bits per heavy atom. The molecular weight excluding hydrogens is 286 g/mol. The molecule has 0 saturated heterocycles. The van der Waals surface area contributed by atoms with Gasteiger partial charge in [0.1, 0.15) is 0 Å². The molecule has 4 heteroatoms. The Morgan fingerprint density at radius 2 is 2.19 bits per heavy atom. The van der Waals surface area contributed by atoms with Gasteiger partial charge in [-0.25, -0.2) is 0 Å². The monoisotopic (exact) mass is 297 g/mol. The minimum absolute atomic E-state index is 0.175. The lowest BCUT2D eigenvalue weighted by Crippen LogP contribution is -2.21. The van der Waals surface area contributed by atoms with Crippen molar-refractivity contribution in [3.05, 3.63) is 33.6 Å². The standard InChI is InChI=1S/C12H12BrNOS/c1-14(2)6-11(15)10-7-16-12-4-3-8(13)5-9(10)12/h3-5,7H,6H2,1-2H3. The molecule has 2 rings (SSSR count). The zero-order valence-corrected chi connectivity index (χ0v) is 11.6. The predicted octanol–water partition coefficient (Wildman–Crippen LogP) is 3.41. The fourth-order valence-electron chi connectivity index (χ4n) is 1.59. The summed E-state index contributed by atoms with van der Waals surface area (Å²) in [6, 6.07) is 6.05. The summed E-state index contributed by atoms with van der Waals surface area (Å²) < 4.78 is 2.17. The summed E-state index contributed by atoms with van der Waals surface area (Å²) in [5, 5.41) is 2.99. The zero-order valence-electron chi connectivity index (χ0n) is 9.16. The van der Waals surface area contributed by atoms with Gasteiger partial charge in [-0.2, -0.15) is 0 Å². The summed E-state index contributed by atoms with van der Waals surface area (Å²) >= 11 is 5.05. The van der Waals surface area contributed by atoms with Crippen molar-refractivity contribution in [2.45, 2.75) is 0 Å². The Kier molecular flexibility index (Phi) is 3.42.